The van der Waals surface area contributed by atoms with E-state index in [1.165, 1.54) is 38.8 Å². The van der Waals surface area contributed by atoms with Gasteiger partial charge in [-0.3, -0.25) is 0 Å². The van der Waals surface area contributed by atoms with E-state index in [9.17, 15) is 0 Å². The van der Waals surface area contributed by atoms with Gasteiger partial charge in [0.05, 0.1) is 0 Å². The number of hydrogen-bond donors (Lipinski definition) is 1. The summed E-state index contributed by atoms with van der Waals surface area (Å²) in [4.78, 5) is 0. The van der Waals surface area contributed by atoms with Gasteiger partial charge in [-0.25, -0.2) is 0 Å². The third-order valence-electron chi connectivity index (χ3n) is 2.87. The van der Waals surface area contributed by atoms with Crippen LogP contribution < -0.4 is 5.32 Å². The quantitative estimate of drug-likeness (QED) is 0.613. The summed E-state index contributed by atoms with van der Waals surface area (Å²) in [5.41, 5.74) is 0. The Balaban J connectivity index is 2.25. The fourth-order valence-electron chi connectivity index (χ4n) is 1.83. The monoisotopic (exact) mass is 155 g/mol. The van der Waals surface area contributed by atoms with Crippen LogP contribution in [0.5, 0.6) is 0 Å². The lowest BCUT2D eigenvalue weighted by Gasteiger charge is -2.22. The van der Waals surface area contributed by atoms with E-state index in [4.69, 9.17) is 0 Å². The molecule has 0 radical (unpaired) electrons. The summed E-state index contributed by atoms with van der Waals surface area (Å²) in [5.74, 6) is 1.88. The average molecular weight is 155 g/mol. The molecule has 1 nitrogen and oxygen atoms in total. The third kappa shape index (κ3) is 3.24. The molecule has 0 aromatic heterocycles. The Morgan fingerprint density at radius 1 is 1.27 bits per heavy atom. The largest absolute Gasteiger partial charge is 0.316 e. The van der Waals surface area contributed by atoms with Crippen molar-refractivity contribution in [3.05, 3.63) is 0 Å². The molecule has 1 aliphatic rings. The van der Waals surface area contributed by atoms with Gasteiger partial charge in [0, 0.05) is 0 Å². The Kier molecular flexibility index (Phi) is 3.92. The van der Waals surface area contributed by atoms with Gasteiger partial charge in [0.25, 0.3) is 0 Å². The van der Waals surface area contributed by atoms with Gasteiger partial charge in [-0.1, -0.05) is 26.7 Å². The molecule has 0 aromatic carbocycles. The highest BCUT2D eigenvalue weighted by Crippen LogP contribution is 2.19. The second kappa shape index (κ2) is 4.76. The molecule has 0 amide bonds. The van der Waals surface area contributed by atoms with Crippen LogP contribution in [0.15, 0.2) is 0 Å². The summed E-state index contributed by atoms with van der Waals surface area (Å²) >= 11 is 0. The van der Waals surface area contributed by atoms with E-state index in [1.54, 1.807) is 0 Å². The molecule has 66 valence electrons. The SMILES string of the molecule is CCC1CCNCC(C)CC1. The molecule has 2 atom stereocenters. The van der Waals surface area contributed by atoms with Crippen molar-refractivity contribution in [2.45, 2.75) is 39.5 Å². The average Bonchev–Trinajstić information content (AvgIpc) is 1.98. The van der Waals surface area contributed by atoms with Crippen LogP contribution in [-0.4, -0.2) is 13.1 Å². The van der Waals surface area contributed by atoms with Crippen LogP contribution in [0.25, 0.3) is 0 Å². The molecule has 1 saturated heterocycles. The summed E-state index contributed by atoms with van der Waals surface area (Å²) in [6, 6.07) is 0. The first-order chi connectivity index (χ1) is 5.33. The van der Waals surface area contributed by atoms with Crippen molar-refractivity contribution >= 4 is 0 Å². The Morgan fingerprint density at radius 3 is 2.82 bits per heavy atom. The van der Waals surface area contributed by atoms with E-state index in [0.717, 1.165) is 11.8 Å². The number of rotatable bonds is 1. The van der Waals surface area contributed by atoms with Gasteiger partial charge >= 0.3 is 0 Å². The molecule has 1 heteroatoms. The standard InChI is InChI=1S/C10H21N/c1-3-10-5-4-9(2)8-11-7-6-10/h9-11H,3-8H2,1-2H3. The van der Waals surface area contributed by atoms with Crippen molar-refractivity contribution in [3.63, 3.8) is 0 Å². The predicted octanol–water partition coefficient (Wildman–Crippen LogP) is 2.42. The maximum Gasteiger partial charge on any atom is -0.00232 e. The first-order valence-corrected chi connectivity index (χ1v) is 5.03. The van der Waals surface area contributed by atoms with Crippen LogP contribution in [0.1, 0.15) is 39.5 Å². The van der Waals surface area contributed by atoms with Gasteiger partial charge in [-0.15, -0.1) is 0 Å². The summed E-state index contributed by atoms with van der Waals surface area (Å²) in [5, 5.41) is 3.50. The minimum atomic E-state index is 0.893. The van der Waals surface area contributed by atoms with Crippen LogP contribution in [0.4, 0.5) is 0 Å². The Hall–Kier alpha value is -0.0400. The van der Waals surface area contributed by atoms with E-state index in [0.29, 0.717) is 0 Å². The molecule has 0 bridgehead atoms. The van der Waals surface area contributed by atoms with Gasteiger partial charge in [-0.2, -0.15) is 0 Å². The molecule has 1 aliphatic heterocycles. The molecule has 0 spiro atoms. The number of hydrogen-bond acceptors (Lipinski definition) is 1. The lowest BCUT2D eigenvalue weighted by molar-refractivity contribution is 0.332. The molecule has 1 rings (SSSR count). The second-order valence-electron chi connectivity index (χ2n) is 3.95. The lowest BCUT2D eigenvalue weighted by atomic mass is 9.91. The van der Waals surface area contributed by atoms with Gasteiger partial charge in [0.2, 0.25) is 0 Å². The van der Waals surface area contributed by atoms with Gasteiger partial charge in [0.15, 0.2) is 0 Å². The first-order valence-electron chi connectivity index (χ1n) is 5.03. The van der Waals surface area contributed by atoms with Crippen molar-refractivity contribution in [3.8, 4) is 0 Å². The van der Waals surface area contributed by atoms with Crippen LogP contribution in [0.2, 0.25) is 0 Å². The van der Waals surface area contributed by atoms with E-state index in [2.05, 4.69) is 19.2 Å². The summed E-state index contributed by atoms with van der Waals surface area (Å²) < 4.78 is 0. The van der Waals surface area contributed by atoms with Crippen LogP contribution in [0, 0.1) is 11.8 Å². The highest BCUT2D eigenvalue weighted by molar-refractivity contribution is 4.67. The highest BCUT2D eigenvalue weighted by atomic mass is 14.9. The molecule has 1 heterocycles. The lowest BCUT2D eigenvalue weighted by Crippen LogP contribution is -2.27. The molecular weight excluding hydrogens is 134 g/mol. The Bertz CT molecular complexity index is 101. The van der Waals surface area contributed by atoms with Gasteiger partial charge in [0.1, 0.15) is 0 Å². The maximum atomic E-state index is 3.50. The maximum absolute atomic E-state index is 3.50. The minimum Gasteiger partial charge on any atom is -0.316 e. The summed E-state index contributed by atoms with van der Waals surface area (Å²) in [6.07, 6.45) is 5.64. The molecular formula is C10H21N. The summed E-state index contributed by atoms with van der Waals surface area (Å²) in [6.45, 7) is 7.14. The summed E-state index contributed by atoms with van der Waals surface area (Å²) in [7, 11) is 0. The molecule has 11 heavy (non-hydrogen) atoms. The zero-order valence-corrected chi connectivity index (χ0v) is 7.90. The van der Waals surface area contributed by atoms with Crippen molar-refractivity contribution < 1.29 is 0 Å². The van der Waals surface area contributed by atoms with Gasteiger partial charge < -0.3 is 5.32 Å². The van der Waals surface area contributed by atoms with Crippen molar-refractivity contribution in [2.75, 3.05) is 13.1 Å². The van der Waals surface area contributed by atoms with Crippen LogP contribution in [-0.2, 0) is 0 Å². The van der Waals surface area contributed by atoms with Crippen molar-refractivity contribution in [1.29, 1.82) is 0 Å². The number of nitrogens with one attached hydrogen (secondary N) is 1. The topological polar surface area (TPSA) is 12.0 Å². The molecule has 0 aliphatic carbocycles. The zero-order valence-electron chi connectivity index (χ0n) is 7.90. The third-order valence-corrected chi connectivity index (χ3v) is 2.87. The second-order valence-corrected chi connectivity index (χ2v) is 3.95. The van der Waals surface area contributed by atoms with E-state index in [-0.39, 0.29) is 0 Å². The van der Waals surface area contributed by atoms with E-state index >= 15 is 0 Å². The van der Waals surface area contributed by atoms with Crippen LogP contribution >= 0.6 is 0 Å². The molecule has 2 unspecified atom stereocenters. The fraction of sp³-hybridized carbons (Fsp3) is 1.00. The molecule has 1 fully saturated rings. The fourth-order valence-corrected chi connectivity index (χ4v) is 1.83. The Labute approximate surface area is 70.6 Å². The van der Waals surface area contributed by atoms with Gasteiger partial charge in [-0.05, 0) is 37.8 Å². The van der Waals surface area contributed by atoms with Crippen molar-refractivity contribution in [2.24, 2.45) is 11.8 Å². The molecule has 1 N–H and O–H groups in total. The predicted molar refractivity (Wildman–Crippen MR) is 49.7 cm³/mol. The molecule has 0 saturated carbocycles. The van der Waals surface area contributed by atoms with Crippen LogP contribution in [0.3, 0.4) is 0 Å². The zero-order chi connectivity index (χ0) is 8.10. The van der Waals surface area contributed by atoms with E-state index in [1.807, 2.05) is 0 Å². The normalized spacial score (nSPS) is 34.4. The highest BCUT2D eigenvalue weighted by Gasteiger charge is 2.11. The Morgan fingerprint density at radius 2 is 2.09 bits per heavy atom. The molecule has 0 aromatic rings. The van der Waals surface area contributed by atoms with E-state index < -0.39 is 0 Å². The smallest absolute Gasteiger partial charge is 0.00232 e. The first kappa shape index (κ1) is 9.05. The minimum absolute atomic E-state index is 0.893. The van der Waals surface area contributed by atoms with Crippen molar-refractivity contribution in [1.82, 2.24) is 5.32 Å².